The monoisotopic (exact) mass is 726 g/mol. The molecule has 264 valence electrons. The van der Waals surface area contributed by atoms with E-state index < -0.39 is 84.1 Å². The zero-order chi connectivity index (χ0) is 35.4. The Bertz CT molecular complexity index is 1040. The second-order valence-electron chi connectivity index (χ2n) is 10.8. The molecule has 0 spiro atoms. The SMILES string of the molecule is CSCC[C@H](N)C(=O)N[C@@H](CS)C(=O)N[C@@H](C)C(=O)NCC(=O)N[C@H](CCSC)C(=O)N[C@@H](CS)C(=O)N[C@@H](CC(C)C)C(N)=O. The summed E-state index contributed by atoms with van der Waals surface area (Å²) in [7, 11) is 0. The van der Waals surface area contributed by atoms with Gasteiger partial charge in [0, 0.05) is 11.5 Å². The summed E-state index contributed by atoms with van der Waals surface area (Å²) >= 11 is 11.2. The van der Waals surface area contributed by atoms with Crippen LogP contribution in [-0.2, 0) is 33.6 Å². The van der Waals surface area contributed by atoms with Gasteiger partial charge in [0.25, 0.3) is 0 Å². The standard InChI is InChI=1S/C27H50N8O7S4/c1-14(2)10-18(22(29)37)33-27(42)20(13-44)35-25(40)17(7-9-46-5)32-21(36)11-30-23(38)15(3)31-26(41)19(12-43)34-24(39)16(28)6-8-45-4/h14-20,43-44H,6-13,28H2,1-5H3,(H2,29,37)(H,30,38)(H,31,41)(H,32,36)(H,33,42)(H,34,39)(H,35,40)/t15-,16-,17+,18-,19-,20-/m0/s1. The van der Waals surface area contributed by atoms with Crippen LogP contribution in [-0.4, -0.2) is 120 Å². The molecule has 0 aliphatic carbocycles. The second-order valence-corrected chi connectivity index (χ2v) is 13.5. The van der Waals surface area contributed by atoms with Gasteiger partial charge in [-0.2, -0.15) is 48.8 Å². The summed E-state index contributed by atoms with van der Waals surface area (Å²) < 4.78 is 0. The van der Waals surface area contributed by atoms with E-state index in [1.165, 1.54) is 30.4 Å². The molecule has 0 aromatic heterocycles. The highest BCUT2D eigenvalue weighted by molar-refractivity contribution is 7.98. The number of carbonyl (C=O) groups is 7. The van der Waals surface area contributed by atoms with E-state index in [9.17, 15) is 33.6 Å². The molecule has 0 heterocycles. The van der Waals surface area contributed by atoms with E-state index >= 15 is 0 Å². The molecule has 6 atom stereocenters. The third-order valence-electron chi connectivity index (χ3n) is 6.41. The maximum Gasteiger partial charge on any atom is 0.244 e. The zero-order valence-electron chi connectivity index (χ0n) is 26.9. The first-order valence-electron chi connectivity index (χ1n) is 14.6. The number of primary amides is 1. The smallest absolute Gasteiger partial charge is 0.244 e. The summed E-state index contributed by atoms with van der Waals surface area (Å²) in [5.41, 5.74) is 11.2. The van der Waals surface area contributed by atoms with E-state index in [-0.39, 0.29) is 23.8 Å². The Morgan fingerprint density at radius 2 is 1.13 bits per heavy atom. The van der Waals surface area contributed by atoms with Gasteiger partial charge in [0.2, 0.25) is 41.4 Å². The van der Waals surface area contributed by atoms with Crippen LogP contribution in [0.2, 0.25) is 0 Å². The van der Waals surface area contributed by atoms with Crippen molar-refractivity contribution < 1.29 is 33.6 Å². The Kier molecular flexibility index (Phi) is 22.7. The molecule has 0 aromatic carbocycles. The number of nitrogens with two attached hydrogens (primary N) is 2. The van der Waals surface area contributed by atoms with Crippen molar-refractivity contribution in [1.82, 2.24) is 31.9 Å². The Labute approximate surface area is 290 Å². The fourth-order valence-electron chi connectivity index (χ4n) is 3.76. The highest BCUT2D eigenvalue weighted by atomic mass is 32.2. The third kappa shape index (κ3) is 17.5. The fourth-order valence-corrected chi connectivity index (χ4v) is 5.23. The molecule has 0 aromatic rings. The number of nitrogens with one attached hydrogen (secondary N) is 6. The van der Waals surface area contributed by atoms with Crippen molar-refractivity contribution in [3.63, 3.8) is 0 Å². The van der Waals surface area contributed by atoms with E-state index in [0.717, 1.165) is 0 Å². The molecule has 0 fully saturated rings. The Balaban J connectivity index is 5.15. The highest BCUT2D eigenvalue weighted by Crippen LogP contribution is 2.06. The van der Waals surface area contributed by atoms with Crippen LogP contribution in [0, 0.1) is 5.92 Å². The topological polar surface area (TPSA) is 244 Å². The van der Waals surface area contributed by atoms with Crippen molar-refractivity contribution in [3.05, 3.63) is 0 Å². The molecule has 0 aliphatic rings. The number of hydrogen-bond acceptors (Lipinski definition) is 12. The Morgan fingerprint density at radius 1 is 0.652 bits per heavy atom. The molecule has 0 radical (unpaired) electrons. The summed E-state index contributed by atoms with van der Waals surface area (Å²) in [6, 6.07) is -5.99. The predicted octanol–water partition coefficient (Wildman–Crippen LogP) is -2.23. The van der Waals surface area contributed by atoms with Crippen molar-refractivity contribution in [2.24, 2.45) is 17.4 Å². The average molecular weight is 727 g/mol. The minimum absolute atomic E-state index is 0.0392. The van der Waals surface area contributed by atoms with Crippen molar-refractivity contribution in [2.75, 3.05) is 42.1 Å². The van der Waals surface area contributed by atoms with Crippen molar-refractivity contribution in [1.29, 1.82) is 0 Å². The minimum Gasteiger partial charge on any atom is -0.368 e. The minimum atomic E-state index is -1.11. The van der Waals surface area contributed by atoms with Crippen LogP contribution >= 0.6 is 48.8 Å². The first kappa shape index (κ1) is 43.6. The summed E-state index contributed by atoms with van der Waals surface area (Å²) in [6.07, 6.45) is 4.66. The van der Waals surface area contributed by atoms with E-state index in [4.69, 9.17) is 11.5 Å². The van der Waals surface area contributed by atoms with Gasteiger partial charge >= 0.3 is 0 Å². The molecular formula is C27H50N8O7S4. The van der Waals surface area contributed by atoms with Crippen LogP contribution in [0.3, 0.4) is 0 Å². The molecule has 0 saturated carbocycles. The Hall–Kier alpha value is -2.35. The van der Waals surface area contributed by atoms with Gasteiger partial charge in [-0.15, -0.1) is 0 Å². The first-order valence-corrected chi connectivity index (χ1v) is 18.7. The molecule has 46 heavy (non-hydrogen) atoms. The highest BCUT2D eigenvalue weighted by Gasteiger charge is 2.29. The van der Waals surface area contributed by atoms with Gasteiger partial charge in [-0.1, -0.05) is 13.8 Å². The lowest BCUT2D eigenvalue weighted by Gasteiger charge is -2.24. The van der Waals surface area contributed by atoms with Crippen LogP contribution in [0.15, 0.2) is 0 Å². The first-order chi connectivity index (χ1) is 21.6. The lowest BCUT2D eigenvalue weighted by atomic mass is 10.0. The predicted molar refractivity (Wildman–Crippen MR) is 189 cm³/mol. The van der Waals surface area contributed by atoms with Gasteiger partial charge in [0.1, 0.15) is 30.2 Å². The molecule has 19 heteroatoms. The largest absolute Gasteiger partial charge is 0.368 e. The maximum atomic E-state index is 13.1. The molecule has 7 amide bonds. The van der Waals surface area contributed by atoms with Crippen molar-refractivity contribution >= 4 is 90.1 Å². The number of hydrogen-bond donors (Lipinski definition) is 10. The molecule has 0 unspecified atom stereocenters. The molecular weight excluding hydrogens is 677 g/mol. The van der Waals surface area contributed by atoms with Crippen LogP contribution in [0.4, 0.5) is 0 Å². The molecule has 10 N–H and O–H groups in total. The molecule has 15 nitrogen and oxygen atoms in total. The summed E-state index contributed by atoms with van der Waals surface area (Å²) in [6.45, 7) is 4.62. The quantitative estimate of drug-likeness (QED) is 0.0508. The zero-order valence-corrected chi connectivity index (χ0v) is 30.3. The molecule has 0 saturated heterocycles. The van der Waals surface area contributed by atoms with Gasteiger partial charge < -0.3 is 43.4 Å². The maximum absolute atomic E-state index is 13.1. The molecule has 0 rings (SSSR count). The normalized spacial score (nSPS) is 14.9. The average Bonchev–Trinajstić information content (AvgIpc) is 3.00. The van der Waals surface area contributed by atoms with Gasteiger partial charge in [0.05, 0.1) is 12.6 Å². The van der Waals surface area contributed by atoms with Gasteiger partial charge in [-0.25, -0.2) is 0 Å². The van der Waals surface area contributed by atoms with Crippen molar-refractivity contribution in [3.8, 4) is 0 Å². The molecule has 0 aliphatic heterocycles. The Morgan fingerprint density at radius 3 is 1.63 bits per heavy atom. The van der Waals surface area contributed by atoms with E-state index in [1.807, 2.05) is 26.4 Å². The van der Waals surface area contributed by atoms with Crippen molar-refractivity contribution in [2.45, 2.75) is 76.3 Å². The lowest BCUT2D eigenvalue weighted by molar-refractivity contribution is -0.133. The van der Waals surface area contributed by atoms with Crippen LogP contribution in [0.25, 0.3) is 0 Å². The van der Waals surface area contributed by atoms with E-state index in [0.29, 0.717) is 24.3 Å². The van der Waals surface area contributed by atoms with E-state index in [1.54, 1.807) is 0 Å². The molecule has 0 bridgehead atoms. The second kappa shape index (κ2) is 23.9. The van der Waals surface area contributed by atoms with Crippen LogP contribution in [0.5, 0.6) is 0 Å². The third-order valence-corrected chi connectivity index (χ3v) is 8.42. The van der Waals surface area contributed by atoms with Gasteiger partial charge in [0.15, 0.2) is 0 Å². The number of thioether (sulfide) groups is 2. The lowest BCUT2D eigenvalue weighted by Crippen LogP contribution is -2.58. The summed E-state index contributed by atoms with van der Waals surface area (Å²) in [4.78, 5) is 87.8. The van der Waals surface area contributed by atoms with Gasteiger partial charge in [-0.3, -0.25) is 33.6 Å². The number of rotatable bonds is 23. The van der Waals surface area contributed by atoms with E-state index in [2.05, 4.69) is 57.2 Å². The van der Waals surface area contributed by atoms with Gasteiger partial charge in [-0.05, 0) is 56.1 Å². The summed E-state index contributed by atoms with van der Waals surface area (Å²) in [5.74, 6) is -3.45. The number of carbonyl (C=O) groups excluding carboxylic acids is 7. The number of thiol groups is 2. The van der Waals surface area contributed by atoms with Crippen LogP contribution < -0.4 is 43.4 Å². The van der Waals surface area contributed by atoms with Crippen LogP contribution in [0.1, 0.15) is 40.0 Å². The fraction of sp³-hybridized carbons (Fsp3) is 0.741. The summed E-state index contributed by atoms with van der Waals surface area (Å²) in [5, 5.41) is 15.0. The number of amides is 7.